The molecule has 12 heteroatoms. The third-order valence-corrected chi connectivity index (χ3v) is 3.93. The summed E-state index contributed by atoms with van der Waals surface area (Å²) < 4.78 is 78.4. The van der Waals surface area contributed by atoms with Crippen LogP contribution in [0, 0.1) is 12.8 Å². The van der Waals surface area contributed by atoms with E-state index in [2.05, 4.69) is 10.2 Å². The standard InChI is InChI=1S/C14H16F6N4O2/c1-7(6-23-9(3)4-10(22-23)13(15,16)17)11(25)24-12(26,14(18,19)20)5-8(2)21-24/h4,7,26H,5-6H2,1-3H3. The number of hydrogen-bond donors (Lipinski definition) is 1. The first-order valence-electron chi connectivity index (χ1n) is 7.45. The molecule has 2 atom stereocenters. The van der Waals surface area contributed by atoms with Crippen LogP contribution in [-0.2, 0) is 17.5 Å². The van der Waals surface area contributed by atoms with Crippen LogP contribution in [0.3, 0.4) is 0 Å². The van der Waals surface area contributed by atoms with Crippen molar-refractivity contribution < 1.29 is 36.2 Å². The normalized spacial score (nSPS) is 22.5. The fraction of sp³-hybridized carbons (Fsp3) is 0.643. The van der Waals surface area contributed by atoms with Gasteiger partial charge in [-0.1, -0.05) is 6.92 Å². The summed E-state index contributed by atoms with van der Waals surface area (Å²) >= 11 is 0. The van der Waals surface area contributed by atoms with Gasteiger partial charge in [-0.3, -0.25) is 9.48 Å². The predicted molar refractivity (Wildman–Crippen MR) is 76.7 cm³/mol. The number of carbonyl (C=O) groups is 1. The molecule has 1 aromatic rings. The summed E-state index contributed by atoms with van der Waals surface area (Å²) in [5.74, 6) is -2.39. The molecule has 0 aromatic carbocycles. The Morgan fingerprint density at radius 2 is 1.88 bits per heavy atom. The molecule has 1 aliphatic rings. The van der Waals surface area contributed by atoms with Crippen LogP contribution in [0.1, 0.15) is 31.7 Å². The number of carbonyl (C=O) groups excluding carboxylic acids is 1. The molecule has 0 fully saturated rings. The molecular formula is C14H16F6N4O2. The lowest BCUT2D eigenvalue weighted by Gasteiger charge is -2.34. The van der Waals surface area contributed by atoms with E-state index in [-0.39, 0.29) is 16.4 Å². The first kappa shape index (κ1) is 20.2. The number of hydrogen-bond acceptors (Lipinski definition) is 4. The minimum Gasteiger partial charge on any atom is -0.362 e. The Balaban J connectivity index is 2.24. The van der Waals surface area contributed by atoms with E-state index in [0.717, 1.165) is 10.7 Å². The summed E-state index contributed by atoms with van der Waals surface area (Å²) in [7, 11) is 0. The molecule has 0 saturated carbocycles. The fourth-order valence-corrected chi connectivity index (χ4v) is 2.55. The van der Waals surface area contributed by atoms with Gasteiger partial charge < -0.3 is 5.11 Å². The lowest BCUT2D eigenvalue weighted by molar-refractivity contribution is -0.303. The topological polar surface area (TPSA) is 70.7 Å². The van der Waals surface area contributed by atoms with E-state index >= 15 is 0 Å². The summed E-state index contributed by atoms with van der Waals surface area (Å²) in [5, 5.41) is 16.6. The van der Waals surface area contributed by atoms with Gasteiger partial charge in [0.05, 0.1) is 12.5 Å². The van der Waals surface area contributed by atoms with Crippen LogP contribution in [-0.4, -0.2) is 43.4 Å². The second-order valence-corrected chi connectivity index (χ2v) is 6.23. The van der Waals surface area contributed by atoms with Gasteiger partial charge in [-0.2, -0.15) is 41.6 Å². The van der Waals surface area contributed by atoms with Crippen molar-refractivity contribution in [3.63, 3.8) is 0 Å². The van der Waals surface area contributed by atoms with Gasteiger partial charge in [0.15, 0.2) is 5.69 Å². The van der Waals surface area contributed by atoms with Gasteiger partial charge in [-0.15, -0.1) is 0 Å². The summed E-state index contributed by atoms with van der Waals surface area (Å²) in [6.45, 7) is 3.36. The Morgan fingerprint density at radius 1 is 1.31 bits per heavy atom. The molecule has 0 bridgehead atoms. The second-order valence-electron chi connectivity index (χ2n) is 6.23. The molecule has 0 radical (unpaired) electrons. The molecule has 2 rings (SSSR count). The monoisotopic (exact) mass is 386 g/mol. The summed E-state index contributed by atoms with van der Waals surface area (Å²) in [6.07, 6.45) is -10.7. The average Bonchev–Trinajstić information content (AvgIpc) is 2.98. The van der Waals surface area contributed by atoms with Crippen molar-refractivity contribution >= 4 is 11.6 Å². The highest BCUT2D eigenvalue weighted by Gasteiger charge is 2.63. The second kappa shape index (κ2) is 6.25. The lowest BCUT2D eigenvalue weighted by atomic mass is 10.0. The first-order valence-corrected chi connectivity index (χ1v) is 7.45. The molecule has 146 valence electrons. The number of hydrazone groups is 1. The van der Waals surface area contributed by atoms with Gasteiger partial charge in [0, 0.05) is 17.8 Å². The lowest BCUT2D eigenvalue weighted by Crippen LogP contribution is -2.57. The van der Waals surface area contributed by atoms with Crippen LogP contribution in [0.2, 0.25) is 0 Å². The van der Waals surface area contributed by atoms with Gasteiger partial charge in [-0.05, 0) is 19.9 Å². The van der Waals surface area contributed by atoms with Crippen molar-refractivity contribution in [1.29, 1.82) is 0 Å². The summed E-state index contributed by atoms with van der Waals surface area (Å²) in [5.41, 5.74) is -4.65. The number of aryl methyl sites for hydroxylation is 1. The number of alkyl halides is 6. The van der Waals surface area contributed by atoms with Gasteiger partial charge in [0.25, 0.3) is 5.72 Å². The first-order chi connectivity index (χ1) is 11.7. The largest absolute Gasteiger partial charge is 0.438 e. The minimum atomic E-state index is -5.14. The molecule has 2 unspecified atom stereocenters. The van der Waals surface area contributed by atoms with Crippen LogP contribution in [0.5, 0.6) is 0 Å². The van der Waals surface area contributed by atoms with Crippen molar-refractivity contribution in [2.45, 2.75) is 51.8 Å². The molecule has 6 nitrogen and oxygen atoms in total. The van der Waals surface area contributed by atoms with E-state index in [4.69, 9.17) is 0 Å². The van der Waals surface area contributed by atoms with Crippen LogP contribution in [0.15, 0.2) is 11.2 Å². The molecule has 0 saturated heterocycles. The number of amides is 1. The third-order valence-electron chi connectivity index (χ3n) is 3.93. The molecule has 1 amide bonds. The van der Waals surface area contributed by atoms with Gasteiger partial charge in [-0.25, -0.2) is 0 Å². The molecular weight excluding hydrogens is 370 g/mol. The Bertz CT molecular complexity index is 739. The molecule has 1 aliphatic heterocycles. The van der Waals surface area contributed by atoms with Crippen LogP contribution in [0.4, 0.5) is 26.3 Å². The maximum Gasteiger partial charge on any atom is 0.438 e. The van der Waals surface area contributed by atoms with E-state index in [1.165, 1.54) is 20.8 Å². The molecule has 26 heavy (non-hydrogen) atoms. The van der Waals surface area contributed by atoms with Crippen molar-refractivity contribution in [2.24, 2.45) is 11.0 Å². The summed E-state index contributed by atoms with van der Waals surface area (Å²) in [6, 6.07) is 0.765. The molecule has 1 N–H and O–H groups in total. The third kappa shape index (κ3) is 3.55. The van der Waals surface area contributed by atoms with Gasteiger partial charge in [0.1, 0.15) is 0 Å². The number of aliphatic hydroxyl groups is 1. The molecule has 0 aliphatic carbocycles. The molecule has 0 spiro atoms. The van der Waals surface area contributed by atoms with E-state index in [1.807, 2.05) is 0 Å². The highest BCUT2D eigenvalue weighted by Crippen LogP contribution is 2.41. The van der Waals surface area contributed by atoms with Gasteiger partial charge >= 0.3 is 12.4 Å². The zero-order valence-corrected chi connectivity index (χ0v) is 14.0. The molecule has 1 aromatic heterocycles. The van der Waals surface area contributed by atoms with Crippen LogP contribution in [0.25, 0.3) is 0 Å². The zero-order valence-electron chi connectivity index (χ0n) is 14.0. The van der Waals surface area contributed by atoms with Crippen LogP contribution < -0.4 is 0 Å². The zero-order chi connectivity index (χ0) is 20.1. The summed E-state index contributed by atoms with van der Waals surface area (Å²) in [4.78, 5) is 12.4. The SMILES string of the molecule is CC1=NN(C(=O)C(C)Cn2nc(C(F)(F)F)cc2C)C(O)(C(F)(F)F)C1. The van der Waals surface area contributed by atoms with Gasteiger partial charge in [0.2, 0.25) is 5.91 Å². The Labute approximate surface area is 144 Å². The highest BCUT2D eigenvalue weighted by atomic mass is 19.4. The predicted octanol–water partition coefficient (Wildman–Crippen LogP) is 2.71. The fourth-order valence-electron chi connectivity index (χ4n) is 2.55. The number of halogens is 6. The van der Waals surface area contributed by atoms with E-state index in [9.17, 15) is 36.2 Å². The van der Waals surface area contributed by atoms with Crippen molar-refractivity contribution in [1.82, 2.24) is 14.8 Å². The van der Waals surface area contributed by atoms with E-state index in [1.54, 1.807) is 0 Å². The van der Waals surface area contributed by atoms with Crippen molar-refractivity contribution in [3.05, 3.63) is 17.5 Å². The molecule has 2 heterocycles. The average molecular weight is 386 g/mol. The highest BCUT2D eigenvalue weighted by molar-refractivity contribution is 5.89. The Hall–Kier alpha value is -2.11. The smallest absolute Gasteiger partial charge is 0.362 e. The maximum absolute atomic E-state index is 13.2. The Kier molecular flexibility index (Phi) is 4.86. The number of nitrogens with zero attached hydrogens (tertiary/aromatic N) is 4. The maximum atomic E-state index is 13.2. The number of aromatic nitrogens is 2. The minimum absolute atomic E-state index is 0.0451. The van der Waals surface area contributed by atoms with Crippen LogP contribution >= 0.6 is 0 Å². The van der Waals surface area contributed by atoms with E-state index < -0.39 is 48.6 Å². The van der Waals surface area contributed by atoms with Crippen molar-refractivity contribution in [3.8, 4) is 0 Å². The van der Waals surface area contributed by atoms with E-state index in [0.29, 0.717) is 0 Å². The number of rotatable bonds is 3. The Morgan fingerprint density at radius 3 is 2.35 bits per heavy atom. The quantitative estimate of drug-likeness (QED) is 0.812. The van der Waals surface area contributed by atoms with Crippen molar-refractivity contribution in [2.75, 3.05) is 0 Å².